The second-order valence-electron chi connectivity index (χ2n) is 4.16. The molecular formula is C11H20O2. The number of rotatable bonds is 3. The van der Waals surface area contributed by atoms with Crippen molar-refractivity contribution in [3.05, 3.63) is 12.2 Å². The van der Waals surface area contributed by atoms with Crippen molar-refractivity contribution in [2.75, 3.05) is 13.2 Å². The number of hydrogen-bond acceptors (Lipinski definition) is 2. The van der Waals surface area contributed by atoms with Gasteiger partial charge in [-0.2, -0.15) is 0 Å². The van der Waals surface area contributed by atoms with Crippen LogP contribution in [0.15, 0.2) is 12.2 Å². The van der Waals surface area contributed by atoms with Crippen LogP contribution in [0.4, 0.5) is 0 Å². The van der Waals surface area contributed by atoms with E-state index in [0.717, 1.165) is 12.8 Å². The molecule has 0 fully saturated rings. The van der Waals surface area contributed by atoms with Crippen molar-refractivity contribution in [1.82, 2.24) is 0 Å². The summed E-state index contributed by atoms with van der Waals surface area (Å²) >= 11 is 0. The van der Waals surface area contributed by atoms with Gasteiger partial charge in [-0.25, -0.2) is 0 Å². The van der Waals surface area contributed by atoms with Gasteiger partial charge in [0.05, 0.1) is 13.2 Å². The average Bonchev–Trinajstić information content (AvgIpc) is 2.28. The smallest absolute Gasteiger partial charge is 0.166 e. The van der Waals surface area contributed by atoms with Gasteiger partial charge in [0, 0.05) is 6.42 Å². The van der Waals surface area contributed by atoms with Crippen molar-refractivity contribution in [2.24, 2.45) is 5.92 Å². The third kappa shape index (κ3) is 3.92. The molecule has 1 aliphatic rings. The molecule has 0 N–H and O–H groups in total. The highest BCUT2D eigenvalue weighted by Crippen LogP contribution is 2.23. The Morgan fingerprint density at radius 2 is 1.77 bits per heavy atom. The van der Waals surface area contributed by atoms with Crippen molar-refractivity contribution in [3.8, 4) is 0 Å². The Bertz CT molecular complexity index is 163. The van der Waals surface area contributed by atoms with Crippen LogP contribution < -0.4 is 0 Å². The highest BCUT2D eigenvalue weighted by Gasteiger charge is 2.26. The Morgan fingerprint density at radius 3 is 2.23 bits per heavy atom. The van der Waals surface area contributed by atoms with E-state index in [9.17, 15) is 0 Å². The van der Waals surface area contributed by atoms with Crippen molar-refractivity contribution in [1.29, 1.82) is 0 Å². The van der Waals surface area contributed by atoms with Crippen LogP contribution in [0.5, 0.6) is 0 Å². The van der Waals surface area contributed by atoms with Crippen molar-refractivity contribution < 1.29 is 9.47 Å². The van der Waals surface area contributed by atoms with Crippen LogP contribution in [0.1, 0.15) is 33.6 Å². The predicted octanol–water partition coefficient (Wildman–Crippen LogP) is 2.74. The van der Waals surface area contributed by atoms with E-state index >= 15 is 0 Å². The van der Waals surface area contributed by atoms with Crippen LogP contribution in [-0.2, 0) is 9.47 Å². The minimum Gasteiger partial charge on any atom is -0.346 e. The summed E-state index contributed by atoms with van der Waals surface area (Å²) in [6.07, 6.45) is 6.16. The molecule has 0 atom stereocenters. The van der Waals surface area contributed by atoms with E-state index in [2.05, 4.69) is 13.8 Å². The monoisotopic (exact) mass is 184 g/mol. The molecule has 0 spiro atoms. The van der Waals surface area contributed by atoms with Gasteiger partial charge in [0.2, 0.25) is 0 Å². The molecule has 0 bridgehead atoms. The lowest BCUT2D eigenvalue weighted by molar-refractivity contribution is -0.214. The lowest BCUT2D eigenvalue weighted by Crippen LogP contribution is -2.32. The molecule has 0 aromatic rings. The molecule has 1 heterocycles. The Labute approximate surface area is 80.9 Å². The van der Waals surface area contributed by atoms with Crippen LogP contribution in [-0.4, -0.2) is 19.0 Å². The summed E-state index contributed by atoms with van der Waals surface area (Å²) in [5.74, 6) is 0.341. The fourth-order valence-corrected chi connectivity index (χ4v) is 1.32. The molecule has 1 aliphatic heterocycles. The van der Waals surface area contributed by atoms with Gasteiger partial charge in [0.15, 0.2) is 5.79 Å². The summed E-state index contributed by atoms with van der Waals surface area (Å²) in [6, 6.07) is 0. The van der Waals surface area contributed by atoms with Crippen LogP contribution in [0, 0.1) is 5.92 Å². The van der Waals surface area contributed by atoms with Gasteiger partial charge >= 0.3 is 0 Å². The molecule has 0 aliphatic carbocycles. The zero-order valence-electron chi connectivity index (χ0n) is 8.88. The van der Waals surface area contributed by atoms with E-state index < -0.39 is 0 Å². The van der Waals surface area contributed by atoms with E-state index in [0.29, 0.717) is 19.1 Å². The standard InChI is InChI=1S/C11H20O2/c1-10(2)6-7-11(3)12-8-4-5-9-13-11/h4-5,10H,6-9H2,1-3H3. The van der Waals surface area contributed by atoms with Crippen molar-refractivity contribution in [2.45, 2.75) is 39.4 Å². The summed E-state index contributed by atoms with van der Waals surface area (Å²) in [4.78, 5) is 0. The molecule has 0 aromatic carbocycles. The Balaban J connectivity index is 2.35. The first-order chi connectivity index (χ1) is 6.12. The first-order valence-corrected chi connectivity index (χ1v) is 5.05. The zero-order chi connectivity index (χ0) is 9.73. The quantitative estimate of drug-likeness (QED) is 0.628. The van der Waals surface area contributed by atoms with Gasteiger partial charge in [-0.3, -0.25) is 0 Å². The second-order valence-corrected chi connectivity index (χ2v) is 4.16. The summed E-state index contributed by atoms with van der Waals surface area (Å²) in [7, 11) is 0. The molecule has 1 rings (SSSR count). The maximum Gasteiger partial charge on any atom is 0.166 e. The Morgan fingerprint density at radius 1 is 1.23 bits per heavy atom. The first kappa shape index (κ1) is 10.7. The zero-order valence-corrected chi connectivity index (χ0v) is 8.88. The topological polar surface area (TPSA) is 18.5 Å². The van der Waals surface area contributed by atoms with Gasteiger partial charge in [-0.15, -0.1) is 0 Å². The second kappa shape index (κ2) is 4.77. The molecule has 0 amide bonds. The highest BCUT2D eigenvalue weighted by atomic mass is 16.7. The molecule has 0 aromatic heterocycles. The normalized spacial score (nSPS) is 21.8. The molecule has 0 saturated carbocycles. The molecule has 2 nitrogen and oxygen atoms in total. The number of hydrogen-bond donors (Lipinski definition) is 0. The Hall–Kier alpha value is -0.340. The van der Waals surface area contributed by atoms with Gasteiger partial charge in [-0.1, -0.05) is 26.0 Å². The summed E-state index contributed by atoms with van der Waals surface area (Å²) in [6.45, 7) is 7.82. The lowest BCUT2D eigenvalue weighted by Gasteiger charge is -2.28. The average molecular weight is 184 g/mol. The molecular weight excluding hydrogens is 164 g/mol. The van der Waals surface area contributed by atoms with E-state index in [1.165, 1.54) is 0 Å². The van der Waals surface area contributed by atoms with Gasteiger partial charge < -0.3 is 9.47 Å². The first-order valence-electron chi connectivity index (χ1n) is 5.05. The fraction of sp³-hybridized carbons (Fsp3) is 0.818. The van der Waals surface area contributed by atoms with Gasteiger partial charge in [-0.05, 0) is 19.3 Å². The van der Waals surface area contributed by atoms with Crippen LogP contribution >= 0.6 is 0 Å². The van der Waals surface area contributed by atoms with E-state index in [-0.39, 0.29) is 5.79 Å². The maximum absolute atomic E-state index is 5.63. The lowest BCUT2D eigenvalue weighted by atomic mass is 10.0. The van der Waals surface area contributed by atoms with Crippen LogP contribution in [0.3, 0.4) is 0 Å². The summed E-state index contributed by atoms with van der Waals surface area (Å²) < 4.78 is 11.3. The largest absolute Gasteiger partial charge is 0.346 e. The molecule has 13 heavy (non-hydrogen) atoms. The van der Waals surface area contributed by atoms with Crippen molar-refractivity contribution >= 4 is 0 Å². The van der Waals surface area contributed by atoms with Crippen LogP contribution in [0.25, 0.3) is 0 Å². The van der Waals surface area contributed by atoms with Gasteiger partial charge in [0.1, 0.15) is 0 Å². The highest BCUT2D eigenvalue weighted by molar-refractivity contribution is 4.85. The third-order valence-corrected chi connectivity index (χ3v) is 2.31. The third-order valence-electron chi connectivity index (χ3n) is 2.31. The van der Waals surface area contributed by atoms with E-state index in [1.54, 1.807) is 0 Å². The molecule has 2 heteroatoms. The molecule has 76 valence electrons. The fourth-order valence-electron chi connectivity index (χ4n) is 1.32. The number of ether oxygens (including phenoxy) is 2. The minimum atomic E-state index is -0.367. The molecule has 0 unspecified atom stereocenters. The summed E-state index contributed by atoms with van der Waals surface area (Å²) in [5, 5.41) is 0. The van der Waals surface area contributed by atoms with Crippen LogP contribution in [0.2, 0.25) is 0 Å². The SMILES string of the molecule is CC(C)CCC1(C)OCC=CCO1. The van der Waals surface area contributed by atoms with E-state index in [4.69, 9.17) is 9.47 Å². The van der Waals surface area contributed by atoms with Crippen molar-refractivity contribution in [3.63, 3.8) is 0 Å². The Kier molecular flexibility index (Phi) is 3.94. The van der Waals surface area contributed by atoms with Gasteiger partial charge in [0.25, 0.3) is 0 Å². The molecule has 0 radical (unpaired) electrons. The molecule has 0 saturated heterocycles. The minimum absolute atomic E-state index is 0.367. The predicted molar refractivity (Wildman–Crippen MR) is 53.5 cm³/mol. The van der Waals surface area contributed by atoms with E-state index in [1.807, 2.05) is 19.1 Å². The summed E-state index contributed by atoms with van der Waals surface area (Å²) in [5.41, 5.74) is 0. The maximum atomic E-state index is 5.63.